The largest absolute Gasteiger partial charge is 0.483 e. The Morgan fingerprint density at radius 1 is 1.42 bits per heavy atom. The van der Waals surface area contributed by atoms with E-state index in [-0.39, 0.29) is 27.6 Å². The van der Waals surface area contributed by atoms with Gasteiger partial charge in [-0.05, 0) is 32.4 Å². The molecule has 5 nitrogen and oxygen atoms in total. The lowest BCUT2D eigenvalue weighted by atomic mass is 9.82. The van der Waals surface area contributed by atoms with E-state index >= 15 is 0 Å². The molecule has 0 amide bonds. The Kier molecular flexibility index (Phi) is 4.50. The van der Waals surface area contributed by atoms with Crippen LogP contribution in [-0.4, -0.2) is 24.6 Å². The van der Waals surface area contributed by atoms with E-state index in [0.29, 0.717) is 5.92 Å². The molecule has 1 aromatic carbocycles. The Balaban J connectivity index is 2.08. The molecule has 0 spiro atoms. The van der Waals surface area contributed by atoms with Crippen LogP contribution in [0.3, 0.4) is 0 Å². The molecule has 0 atom stereocenters. The van der Waals surface area contributed by atoms with Gasteiger partial charge in [0.1, 0.15) is 0 Å². The van der Waals surface area contributed by atoms with Gasteiger partial charge in [0.05, 0.1) is 21.1 Å². The first-order chi connectivity index (χ1) is 9.01. The molecule has 0 saturated heterocycles. The number of ether oxygens (including phenoxy) is 1. The molecule has 104 valence electrons. The maximum Gasteiger partial charge on any atom is 0.312 e. The molecule has 2 rings (SSSR count). The maximum atomic E-state index is 11.0. The summed E-state index contributed by atoms with van der Waals surface area (Å²) in [4.78, 5) is 10.4. The SMILES string of the molecule is CNCC1CC(Oc2cc(Cl)c(Cl)cc2[N+](=O)[O-])C1. The van der Waals surface area contributed by atoms with Gasteiger partial charge in [-0.3, -0.25) is 10.1 Å². The first-order valence-corrected chi connectivity index (χ1v) is 6.71. The number of hydrogen-bond donors (Lipinski definition) is 1. The molecule has 0 heterocycles. The van der Waals surface area contributed by atoms with E-state index in [2.05, 4.69) is 5.32 Å². The number of benzene rings is 1. The number of nitro benzene ring substituents is 1. The summed E-state index contributed by atoms with van der Waals surface area (Å²) >= 11 is 11.6. The summed E-state index contributed by atoms with van der Waals surface area (Å²) in [5.74, 6) is 0.754. The van der Waals surface area contributed by atoms with Gasteiger partial charge in [-0.1, -0.05) is 23.2 Å². The summed E-state index contributed by atoms with van der Waals surface area (Å²) in [6.45, 7) is 0.934. The van der Waals surface area contributed by atoms with Crippen LogP contribution in [-0.2, 0) is 0 Å². The van der Waals surface area contributed by atoms with Crippen molar-refractivity contribution in [3.63, 3.8) is 0 Å². The zero-order chi connectivity index (χ0) is 14.0. The number of nitro groups is 1. The average molecular weight is 305 g/mol. The van der Waals surface area contributed by atoms with Crippen molar-refractivity contribution >= 4 is 28.9 Å². The molecule has 19 heavy (non-hydrogen) atoms. The number of halogens is 2. The van der Waals surface area contributed by atoms with Gasteiger partial charge in [0.2, 0.25) is 0 Å². The fraction of sp³-hybridized carbons (Fsp3) is 0.500. The molecular formula is C12H14Cl2N2O3. The second-order valence-corrected chi connectivity index (χ2v) is 5.44. The van der Waals surface area contributed by atoms with Gasteiger partial charge >= 0.3 is 5.69 Å². The first-order valence-electron chi connectivity index (χ1n) is 5.96. The lowest BCUT2D eigenvalue weighted by molar-refractivity contribution is -0.386. The summed E-state index contributed by atoms with van der Waals surface area (Å²) in [6.07, 6.45) is 1.78. The van der Waals surface area contributed by atoms with Gasteiger partial charge in [-0.2, -0.15) is 0 Å². The van der Waals surface area contributed by atoms with Crippen LogP contribution in [0.15, 0.2) is 12.1 Å². The lowest BCUT2D eigenvalue weighted by Gasteiger charge is -2.35. The van der Waals surface area contributed by atoms with E-state index in [4.69, 9.17) is 27.9 Å². The highest BCUT2D eigenvalue weighted by Gasteiger charge is 2.32. The Labute approximate surface area is 121 Å². The second kappa shape index (κ2) is 5.94. The van der Waals surface area contributed by atoms with Crippen LogP contribution in [0.2, 0.25) is 10.0 Å². The predicted molar refractivity (Wildman–Crippen MR) is 74.2 cm³/mol. The van der Waals surface area contributed by atoms with E-state index < -0.39 is 4.92 Å². The van der Waals surface area contributed by atoms with Crippen LogP contribution < -0.4 is 10.1 Å². The molecule has 0 bridgehead atoms. The van der Waals surface area contributed by atoms with E-state index in [9.17, 15) is 10.1 Å². The van der Waals surface area contributed by atoms with Gasteiger partial charge in [0.25, 0.3) is 0 Å². The summed E-state index contributed by atoms with van der Waals surface area (Å²) in [6, 6.07) is 2.64. The summed E-state index contributed by atoms with van der Waals surface area (Å²) < 4.78 is 5.64. The highest BCUT2D eigenvalue weighted by molar-refractivity contribution is 6.42. The molecule has 1 N–H and O–H groups in total. The van der Waals surface area contributed by atoms with Crippen LogP contribution in [0.25, 0.3) is 0 Å². The Hall–Kier alpha value is -1.04. The smallest absolute Gasteiger partial charge is 0.312 e. The van der Waals surface area contributed by atoms with Crippen molar-refractivity contribution in [3.05, 3.63) is 32.3 Å². The Morgan fingerprint density at radius 3 is 2.63 bits per heavy atom. The van der Waals surface area contributed by atoms with Crippen LogP contribution in [0.5, 0.6) is 5.75 Å². The number of hydrogen-bond acceptors (Lipinski definition) is 4. The van der Waals surface area contributed by atoms with E-state index in [0.717, 1.165) is 19.4 Å². The normalized spacial score (nSPS) is 21.8. The zero-order valence-corrected chi connectivity index (χ0v) is 11.9. The number of rotatable bonds is 5. The van der Waals surface area contributed by atoms with Crippen LogP contribution in [0.4, 0.5) is 5.69 Å². The van der Waals surface area contributed by atoms with Crippen LogP contribution >= 0.6 is 23.2 Å². The minimum atomic E-state index is -0.513. The zero-order valence-electron chi connectivity index (χ0n) is 10.4. The Morgan fingerprint density at radius 2 is 2.05 bits per heavy atom. The van der Waals surface area contributed by atoms with Crippen molar-refractivity contribution in [1.29, 1.82) is 0 Å². The molecule has 1 aliphatic carbocycles. The van der Waals surface area contributed by atoms with Gasteiger partial charge in [0.15, 0.2) is 5.75 Å². The van der Waals surface area contributed by atoms with Crippen molar-refractivity contribution in [3.8, 4) is 5.75 Å². The lowest BCUT2D eigenvalue weighted by Crippen LogP contribution is -2.38. The fourth-order valence-corrected chi connectivity index (χ4v) is 2.47. The quantitative estimate of drug-likeness (QED) is 0.670. The molecule has 1 fully saturated rings. The van der Waals surface area contributed by atoms with Crippen molar-refractivity contribution in [1.82, 2.24) is 5.32 Å². The minimum Gasteiger partial charge on any atom is -0.483 e. The highest BCUT2D eigenvalue weighted by atomic mass is 35.5. The number of nitrogens with one attached hydrogen (secondary N) is 1. The van der Waals surface area contributed by atoms with Gasteiger partial charge < -0.3 is 10.1 Å². The fourth-order valence-electron chi connectivity index (χ4n) is 2.16. The minimum absolute atomic E-state index is 0.00860. The molecule has 0 unspecified atom stereocenters. The Bertz CT molecular complexity index is 490. The molecule has 7 heteroatoms. The van der Waals surface area contributed by atoms with Gasteiger partial charge in [-0.15, -0.1) is 0 Å². The van der Waals surface area contributed by atoms with E-state index in [1.165, 1.54) is 12.1 Å². The monoisotopic (exact) mass is 304 g/mol. The van der Waals surface area contributed by atoms with Gasteiger partial charge in [0, 0.05) is 12.1 Å². The third-order valence-electron chi connectivity index (χ3n) is 3.18. The molecule has 0 aliphatic heterocycles. The summed E-state index contributed by atoms with van der Waals surface area (Å²) in [5, 5.41) is 14.5. The standard InChI is InChI=1S/C12H14Cl2N2O3/c1-15-6-7-2-8(3-7)19-12-5-10(14)9(13)4-11(12)16(17)18/h4-5,7-8,15H,2-3,6H2,1H3. The van der Waals surface area contributed by atoms with Gasteiger partial charge in [-0.25, -0.2) is 0 Å². The van der Waals surface area contributed by atoms with E-state index in [1.54, 1.807) is 0 Å². The average Bonchev–Trinajstić information content (AvgIpc) is 2.30. The van der Waals surface area contributed by atoms with Crippen molar-refractivity contribution < 1.29 is 9.66 Å². The first kappa shape index (κ1) is 14.4. The predicted octanol–water partition coefficient (Wildman–Crippen LogP) is 3.28. The maximum absolute atomic E-state index is 11.0. The number of nitrogens with zero attached hydrogens (tertiary/aromatic N) is 1. The topological polar surface area (TPSA) is 64.4 Å². The molecule has 1 saturated carbocycles. The second-order valence-electron chi connectivity index (χ2n) is 4.63. The van der Waals surface area contributed by atoms with Crippen molar-refractivity contribution in [2.45, 2.75) is 18.9 Å². The summed E-state index contributed by atoms with van der Waals surface area (Å²) in [5.41, 5.74) is -0.147. The van der Waals surface area contributed by atoms with E-state index in [1.807, 2.05) is 7.05 Å². The molecule has 1 aromatic rings. The molecule has 0 radical (unpaired) electrons. The third-order valence-corrected chi connectivity index (χ3v) is 3.90. The summed E-state index contributed by atoms with van der Waals surface area (Å²) in [7, 11) is 1.90. The van der Waals surface area contributed by atoms with Crippen LogP contribution in [0, 0.1) is 16.0 Å². The molecular weight excluding hydrogens is 291 g/mol. The molecule has 0 aromatic heterocycles. The third kappa shape index (κ3) is 3.29. The van der Waals surface area contributed by atoms with Crippen LogP contribution in [0.1, 0.15) is 12.8 Å². The van der Waals surface area contributed by atoms with Crippen molar-refractivity contribution in [2.75, 3.05) is 13.6 Å². The molecule has 1 aliphatic rings. The van der Waals surface area contributed by atoms with Crippen molar-refractivity contribution in [2.24, 2.45) is 5.92 Å². The highest BCUT2D eigenvalue weighted by Crippen LogP contribution is 2.39.